The number of carbonyl (C=O) groups excluding carboxylic acids is 1. The fraction of sp³-hybridized carbons (Fsp3) is 0.417. The average Bonchev–Trinajstić information content (AvgIpc) is 3.61. The first kappa shape index (κ1) is 19.9. The second kappa shape index (κ2) is 8.98. The Labute approximate surface area is 181 Å². The lowest BCUT2D eigenvalue weighted by Crippen LogP contribution is -2.37. The first-order valence-corrected chi connectivity index (χ1v) is 11.0. The summed E-state index contributed by atoms with van der Waals surface area (Å²) in [6.45, 7) is 3.52. The van der Waals surface area contributed by atoms with Crippen LogP contribution in [0.15, 0.2) is 57.7 Å². The van der Waals surface area contributed by atoms with E-state index in [9.17, 15) is 4.79 Å². The number of rotatable bonds is 7. The zero-order valence-electron chi connectivity index (χ0n) is 17.5. The summed E-state index contributed by atoms with van der Waals surface area (Å²) in [7, 11) is 0. The zero-order chi connectivity index (χ0) is 21.0. The molecule has 7 heteroatoms. The number of hydrogen-bond acceptors (Lipinski definition) is 6. The highest BCUT2D eigenvalue weighted by Gasteiger charge is 2.30. The highest BCUT2D eigenvalue weighted by atomic mass is 16.5. The predicted octanol–water partition coefficient (Wildman–Crippen LogP) is 4.36. The van der Waals surface area contributed by atoms with Gasteiger partial charge in [-0.25, -0.2) is 0 Å². The van der Waals surface area contributed by atoms with Gasteiger partial charge in [0.25, 0.3) is 5.91 Å². The fourth-order valence-electron chi connectivity index (χ4n) is 4.43. The van der Waals surface area contributed by atoms with Crippen LogP contribution in [-0.2, 0) is 11.3 Å². The number of ether oxygens (including phenoxy) is 1. The van der Waals surface area contributed by atoms with E-state index in [0.717, 1.165) is 68.1 Å². The third-order valence-corrected chi connectivity index (χ3v) is 6.02. The molecule has 162 valence electrons. The molecule has 31 heavy (non-hydrogen) atoms. The van der Waals surface area contributed by atoms with Gasteiger partial charge in [-0.15, -0.1) is 0 Å². The maximum atomic E-state index is 13.3. The quantitative estimate of drug-likeness (QED) is 0.565. The van der Waals surface area contributed by atoms with Gasteiger partial charge in [0.15, 0.2) is 5.76 Å². The van der Waals surface area contributed by atoms with Crippen molar-refractivity contribution in [2.75, 3.05) is 31.1 Å². The van der Waals surface area contributed by atoms with Crippen LogP contribution < -0.4 is 4.90 Å². The summed E-state index contributed by atoms with van der Waals surface area (Å²) in [5, 5.41) is 4.43. The van der Waals surface area contributed by atoms with E-state index in [2.05, 4.69) is 10.1 Å². The molecule has 2 fully saturated rings. The summed E-state index contributed by atoms with van der Waals surface area (Å²) in [5.41, 5.74) is 2.70. The predicted molar refractivity (Wildman–Crippen MR) is 116 cm³/mol. The van der Waals surface area contributed by atoms with Crippen molar-refractivity contribution in [3.63, 3.8) is 0 Å². The monoisotopic (exact) mass is 421 g/mol. The Bertz CT molecular complexity index is 987. The standard InChI is InChI=1S/C24H27N3O4/c28-23(21-11-7-15-30-21)27(16-19-10-6-14-29-19)17-20-22(18-8-2-1-3-9-18)25-31-24(20)26-12-4-5-13-26/h1-3,7-9,11,15,19H,4-6,10,12-14,16-17H2. The molecule has 5 rings (SSSR count). The maximum absolute atomic E-state index is 13.3. The van der Waals surface area contributed by atoms with E-state index in [0.29, 0.717) is 18.8 Å². The van der Waals surface area contributed by atoms with Crippen molar-refractivity contribution in [2.24, 2.45) is 0 Å². The lowest BCUT2D eigenvalue weighted by molar-refractivity contribution is 0.0484. The Morgan fingerprint density at radius 1 is 1.10 bits per heavy atom. The molecule has 2 aliphatic rings. The molecule has 4 heterocycles. The molecule has 1 amide bonds. The molecule has 0 radical (unpaired) electrons. The van der Waals surface area contributed by atoms with Crippen molar-refractivity contribution in [1.29, 1.82) is 0 Å². The zero-order valence-corrected chi connectivity index (χ0v) is 17.5. The van der Waals surface area contributed by atoms with Gasteiger partial charge in [0, 0.05) is 31.8 Å². The van der Waals surface area contributed by atoms with Crippen molar-refractivity contribution in [2.45, 2.75) is 38.3 Å². The van der Waals surface area contributed by atoms with E-state index in [1.165, 1.54) is 6.26 Å². The summed E-state index contributed by atoms with van der Waals surface area (Å²) >= 11 is 0. The summed E-state index contributed by atoms with van der Waals surface area (Å²) in [6.07, 6.45) is 5.80. The number of aromatic nitrogens is 1. The smallest absolute Gasteiger partial charge is 0.289 e. The molecule has 0 bridgehead atoms. The second-order valence-electron chi connectivity index (χ2n) is 8.17. The highest BCUT2D eigenvalue weighted by Crippen LogP contribution is 2.34. The Morgan fingerprint density at radius 3 is 2.65 bits per heavy atom. The first-order valence-electron chi connectivity index (χ1n) is 11.0. The van der Waals surface area contributed by atoms with Gasteiger partial charge in [0.05, 0.1) is 24.5 Å². The third kappa shape index (κ3) is 4.23. The van der Waals surface area contributed by atoms with E-state index >= 15 is 0 Å². The van der Waals surface area contributed by atoms with Crippen molar-refractivity contribution in [3.05, 3.63) is 60.1 Å². The molecular formula is C24H27N3O4. The normalized spacial score (nSPS) is 18.6. The van der Waals surface area contributed by atoms with Crippen molar-refractivity contribution < 1.29 is 18.5 Å². The molecule has 0 saturated carbocycles. The molecule has 0 spiro atoms. The molecule has 2 aliphatic heterocycles. The number of carbonyl (C=O) groups is 1. The molecule has 2 saturated heterocycles. The molecule has 1 unspecified atom stereocenters. The van der Waals surface area contributed by atoms with Crippen molar-refractivity contribution in [3.8, 4) is 11.3 Å². The van der Waals surface area contributed by atoms with Crippen LogP contribution in [-0.4, -0.2) is 48.3 Å². The van der Waals surface area contributed by atoms with Crippen LogP contribution in [0.3, 0.4) is 0 Å². The SMILES string of the molecule is O=C(c1ccco1)N(Cc1c(-c2ccccc2)noc1N1CCCC1)CC1CCCO1. The van der Waals surface area contributed by atoms with Crippen LogP contribution in [0.1, 0.15) is 41.8 Å². The Balaban J connectivity index is 1.50. The number of nitrogens with zero attached hydrogens (tertiary/aromatic N) is 3. The molecule has 0 aliphatic carbocycles. The van der Waals surface area contributed by atoms with Gasteiger partial charge in [-0.2, -0.15) is 0 Å². The summed E-state index contributed by atoms with van der Waals surface area (Å²) < 4.78 is 17.1. The van der Waals surface area contributed by atoms with Gasteiger partial charge in [0.1, 0.15) is 5.69 Å². The Hall–Kier alpha value is -3.06. The minimum absolute atomic E-state index is 0.0363. The topological polar surface area (TPSA) is 72.0 Å². The van der Waals surface area contributed by atoms with E-state index in [1.54, 1.807) is 12.1 Å². The number of anilines is 1. The second-order valence-corrected chi connectivity index (χ2v) is 8.17. The Kier molecular flexibility index (Phi) is 5.76. The molecular weight excluding hydrogens is 394 g/mol. The van der Waals surface area contributed by atoms with Gasteiger partial charge in [-0.05, 0) is 37.8 Å². The highest BCUT2D eigenvalue weighted by molar-refractivity contribution is 5.91. The van der Waals surface area contributed by atoms with Crippen molar-refractivity contribution in [1.82, 2.24) is 10.1 Å². The number of hydrogen-bond donors (Lipinski definition) is 0. The van der Waals surface area contributed by atoms with Crippen LogP contribution in [0, 0.1) is 0 Å². The van der Waals surface area contributed by atoms with Gasteiger partial charge in [-0.1, -0.05) is 35.5 Å². The molecule has 3 aromatic rings. The average molecular weight is 421 g/mol. The van der Waals surface area contributed by atoms with Crippen molar-refractivity contribution >= 4 is 11.8 Å². The summed E-state index contributed by atoms with van der Waals surface area (Å²) in [6, 6.07) is 13.4. The fourth-order valence-corrected chi connectivity index (χ4v) is 4.43. The largest absolute Gasteiger partial charge is 0.459 e. The Morgan fingerprint density at radius 2 is 1.94 bits per heavy atom. The van der Waals surface area contributed by atoms with Crippen LogP contribution >= 0.6 is 0 Å². The number of benzene rings is 1. The lowest BCUT2D eigenvalue weighted by Gasteiger charge is -2.26. The van der Waals surface area contributed by atoms with E-state index in [-0.39, 0.29) is 12.0 Å². The summed E-state index contributed by atoms with van der Waals surface area (Å²) in [5.74, 6) is 0.951. The molecule has 7 nitrogen and oxygen atoms in total. The minimum atomic E-state index is -0.145. The van der Waals surface area contributed by atoms with Crippen LogP contribution in [0.5, 0.6) is 0 Å². The third-order valence-electron chi connectivity index (χ3n) is 6.02. The molecule has 2 aromatic heterocycles. The molecule has 0 N–H and O–H groups in total. The number of amides is 1. The minimum Gasteiger partial charge on any atom is -0.459 e. The van der Waals surface area contributed by atoms with Gasteiger partial charge in [-0.3, -0.25) is 4.79 Å². The van der Waals surface area contributed by atoms with Crippen LogP contribution in [0.4, 0.5) is 5.88 Å². The molecule has 1 atom stereocenters. The molecule has 1 aromatic carbocycles. The van der Waals surface area contributed by atoms with Gasteiger partial charge < -0.3 is 23.5 Å². The maximum Gasteiger partial charge on any atom is 0.289 e. The number of furan rings is 1. The first-order chi connectivity index (χ1) is 15.3. The van der Waals surface area contributed by atoms with E-state index in [4.69, 9.17) is 13.7 Å². The van der Waals surface area contributed by atoms with Gasteiger partial charge >= 0.3 is 0 Å². The van der Waals surface area contributed by atoms with E-state index < -0.39 is 0 Å². The lowest BCUT2D eigenvalue weighted by atomic mass is 10.1. The van der Waals surface area contributed by atoms with E-state index in [1.807, 2.05) is 35.2 Å². The summed E-state index contributed by atoms with van der Waals surface area (Å²) in [4.78, 5) is 17.4. The van der Waals surface area contributed by atoms with Crippen LogP contribution in [0.2, 0.25) is 0 Å². The van der Waals surface area contributed by atoms with Crippen LogP contribution in [0.25, 0.3) is 11.3 Å². The van der Waals surface area contributed by atoms with Gasteiger partial charge in [0.2, 0.25) is 5.88 Å².